The summed E-state index contributed by atoms with van der Waals surface area (Å²) >= 11 is 5.88. The highest BCUT2D eigenvalue weighted by atomic mass is 35.5. The topological polar surface area (TPSA) is 116 Å². The number of hydrogen-bond acceptors (Lipinski definition) is 6. The molecule has 0 aromatic heterocycles. The van der Waals surface area contributed by atoms with E-state index in [4.69, 9.17) is 16.3 Å². The lowest BCUT2D eigenvalue weighted by Crippen LogP contribution is -2.27. The summed E-state index contributed by atoms with van der Waals surface area (Å²) in [7, 11) is 0. The van der Waals surface area contributed by atoms with E-state index >= 15 is 0 Å². The van der Waals surface area contributed by atoms with Gasteiger partial charge in [-0.1, -0.05) is 72.3 Å². The van der Waals surface area contributed by atoms with Gasteiger partial charge < -0.3 is 10.1 Å². The van der Waals surface area contributed by atoms with Crippen molar-refractivity contribution < 1.29 is 24.0 Å². The maximum Gasteiger partial charge on any atom is 0.340 e. The highest BCUT2D eigenvalue weighted by Crippen LogP contribution is 2.28. The fourth-order valence-electron chi connectivity index (χ4n) is 3.95. The van der Waals surface area contributed by atoms with Gasteiger partial charge in [-0.15, -0.1) is 0 Å². The van der Waals surface area contributed by atoms with Crippen LogP contribution in [0.1, 0.15) is 49.1 Å². The smallest absolute Gasteiger partial charge is 0.340 e. The number of halogens is 1. The first-order valence-electron chi connectivity index (χ1n) is 11.9. The first-order valence-corrected chi connectivity index (χ1v) is 12.2. The summed E-state index contributed by atoms with van der Waals surface area (Å²) in [5.41, 5.74) is 2.19. The van der Waals surface area contributed by atoms with E-state index in [1.54, 1.807) is 42.5 Å². The molecule has 9 heteroatoms. The van der Waals surface area contributed by atoms with Crippen molar-refractivity contribution >= 4 is 40.6 Å². The fourth-order valence-corrected chi connectivity index (χ4v) is 4.14. The monoisotopic (exact) mass is 542 g/mol. The van der Waals surface area contributed by atoms with Gasteiger partial charge in [-0.3, -0.25) is 19.7 Å². The highest BCUT2D eigenvalue weighted by molar-refractivity contribution is 6.33. The number of aryl methyl sites for hydroxylation is 2. The van der Waals surface area contributed by atoms with Crippen molar-refractivity contribution in [3.05, 3.63) is 140 Å². The van der Waals surface area contributed by atoms with Crippen molar-refractivity contribution in [3.8, 4) is 0 Å². The molecule has 0 saturated carbocycles. The lowest BCUT2D eigenvalue weighted by Gasteiger charge is -2.20. The van der Waals surface area contributed by atoms with E-state index in [9.17, 15) is 24.5 Å². The molecular weight excluding hydrogens is 520 g/mol. The second-order valence-electron chi connectivity index (χ2n) is 8.80. The molecule has 0 saturated heterocycles. The van der Waals surface area contributed by atoms with Crippen LogP contribution in [0.3, 0.4) is 0 Å². The molecule has 4 aromatic carbocycles. The number of ketones is 1. The van der Waals surface area contributed by atoms with Crippen molar-refractivity contribution in [2.75, 3.05) is 5.32 Å². The Kier molecular flexibility index (Phi) is 8.17. The molecule has 0 heterocycles. The summed E-state index contributed by atoms with van der Waals surface area (Å²) < 4.78 is 5.70. The molecule has 0 radical (unpaired) electrons. The molecule has 0 aliphatic rings. The van der Waals surface area contributed by atoms with Gasteiger partial charge in [0.15, 0.2) is 5.78 Å². The SMILES string of the molecule is Cc1ccc(C)c(NC(=O)[C@@H](OC(=O)c2ccccc2C(=O)c2ccc(Cl)c([N+](=O)[O-])c2)c2ccccc2)c1. The number of carbonyl (C=O) groups is 3. The number of ether oxygens (including phenoxy) is 1. The van der Waals surface area contributed by atoms with Crippen LogP contribution in [0.4, 0.5) is 11.4 Å². The number of esters is 1. The minimum Gasteiger partial charge on any atom is -0.444 e. The Hall–Kier alpha value is -4.82. The maximum absolute atomic E-state index is 13.4. The fraction of sp³-hybridized carbons (Fsp3) is 0.100. The molecular formula is C30H23ClN2O6. The van der Waals surface area contributed by atoms with Crippen LogP contribution in [0.5, 0.6) is 0 Å². The normalized spacial score (nSPS) is 11.4. The molecule has 0 spiro atoms. The predicted octanol–water partition coefficient (Wildman–Crippen LogP) is 6.63. The van der Waals surface area contributed by atoms with Crippen molar-refractivity contribution in [2.45, 2.75) is 20.0 Å². The van der Waals surface area contributed by atoms with Crippen LogP contribution in [0.15, 0.2) is 91.0 Å². The van der Waals surface area contributed by atoms with Crippen molar-refractivity contribution in [1.29, 1.82) is 0 Å². The van der Waals surface area contributed by atoms with Crippen LogP contribution in [0, 0.1) is 24.0 Å². The Labute approximate surface area is 229 Å². The second kappa shape index (κ2) is 11.7. The van der Waals surface area contributed by atoms with E-state index in [-0.39, 0.29) is 21.7 Å². The average molecular weight is 543 g/mol. The Balaban J connectivity index is 1.66. The first-order chi connectivity index (χ1) is 18.7. The average Bonchev–Trinajstić information content (AvgIpc) is 2.93. The van der Waals surface area contributed by atoms with Crippen LogP contribution in [-0.2, 0) is 9.53 Å². The summed E-state index contributed by atoms with van der Waals surface area (Å²) in [5, 5.41) is 14.0. The molecule has 8 nitrogen and oxygen atoms in total. The van der Waals surface area contributed by atoms with Crippen LogP contribution in [0.2, 0.25) is 5.02 Å². The quantitative estimate of drug-likeness (QED) is 0.116. The summed E-state index contributed by atoms with van der Waals surface area (Å²) in [4.78, 5) is 50.7. The minimum atomic E-state index is -1.32. The molecule has 0 aliphatic heterocycles. The largest absolute Gasteiger partial charge is 0.444 e. The van der Waals surface area contributed by atoms with Crippen LogP contribution >= 0.6 is 11.6 Å². The number of benzene rings is 4. The third-order valence-corrected chi connectivity index (χ3v) is 6.33. The molecule has 0 bridgehead atoms. The predicted molar refractivity (Wildman–Crippen MR) is 147 cm³/mol. The molecule has 0 fully saturated rings. The van der Waals surface area contributed by atoms with E-state index in [1.807, 2.05) is 32.0 Å². The highest BCUT2D eigenvalue weighted by Gasteiger charge is 2.29. The zero-order valence-corrected chi connectivity index (χ0v) is 21.8. The first kappa shape index (κ1) is 27.2. The number of nitro groups is 1. The number of anilines is 1. The molecule has 1 amide bonds. The Morgan fingerprint density at radius 3 is 2.23 bits per heavy atom. The summed E-state index contributed by atoms with van der Waals surface area (Å²) in [5.74, 6) is -2.12. The lowest BCUT2D eigenvalue weighted by atomic mass is 9.98. The van der Waals surface area contributed by atoms with Gasteiger partial charge in [0.1, 0.15) is 5.02 Å². The van der Waals surface area contributed by atoms with Crippen molar-refractivity contribution in [1.82, 2.24) is 0 Å². The molecule has 39 heavy (non-hydrogen) atoms. The van der Waals surface area contributed by atoms with Gasteiger partial charge in [0.05, 0.1) is 10.5 Å². The molecule has 0 aliphatic carbocycles. The van der Waals surface area contributed by atoms with Crippen LogP contribution < -0.4 is 5.32 Å². The number of rotatable bonds is 8. The third kappa shape index (κ3) is 6.19. The number of nitro benzene ring substituents is 1. The van der Waals surface area contributed by atoms with Gasteiger partial charge in [0, 0.05) is 28.4 Å². The van der Waals surface area contributed by atoms with Crippen LogP contribution in [-0.4, -0.2) is 22.6 Å². The molecule has 196 valence electrons. The van der Waals surface area contributed by atoms with Gasteiger partial charge in [-0.2, -0.15) is 0 Å². The second-order valence-corrected chi connectivity index (χ2v) is 9.21. The maximum atomic E-state index is 13.4. The standard InChI is InChI=1S/C30H23ClN2O6/c1-18-12-13-19(2)25(16-18)32-29(35)28(20-8-4-3-5-9-20)39-30(36)23-11-7-6-10-22(23)27(34)21-14-15-24(31)26(17-21)33(37)38/h3-17,28H,1-2H3,(H,32,35)/t28-/m0/s1. The summed E-state index contributed by atoms with van der Waals surface area (Å²) in [6.45, 7) is 3.74. The number of amides is 1. The molecule has 0 unspecified atom stereocenters. The number of nitrogens with one attached hydrogen (secondary N) is 1. The Bertz CT molecular complexity index is 1590. The zero-order chi connectivity index (χ0) is 28.1. The molecule has 1 N–H and O–H groups in total. The summed E-state index contributed by atoms with van der Waals surface area (Å²) in [6.07, 6.45) is -1.32. The molecule has 4 rings (SSSR count). The van der Waals surface area contributed by atoms with Crippen LogP contribution in [0.25, 0.3) is 0 Å². The lowest BCUT2D eigenvalue weighted by molar-refractivity contribution is -0.384. The minimum absolute atomic E-state index is 0.0291. The third-order valence-electron chi connectivity index (χ3n) is 6.01. The zero-order valence-electron chi connectivity index (χ0n) is 21.0. The van der Waals surface area contributed by atoms with E-state index in [0.717, 1.165) is 17.2 Å². The number of nitrogens with zero attached hydrogens (tertiary/aromatic N) is 1. The Morgan fingerprint density at radius 1 is 0.872 bits per heavy atom. The van der Waals surface area contributed by atoms with Crippen molar-refractivity contribution in [2.24, 2.45) is 0 Å². The number of carbonyl (C=O) groups excluding carboxylic acids is 3. The van der Waals surface area contributed by atoms with E-state index in [2.05, 4.69) is 5.32 Å². The molecule has 1 atom stereocenters. The van der Waals surface area contributed by atoms with E-state index in [0.29, 0.717) is 11.3 Å². The van der Waals surface area contributed by atoms with Gasteiger partial charge in [-0.25, -0.2) is 4.79 Å². The van der Waals surface area contributed by atoms with Gasteiger partial charge >= 0.3 is 5.97 Å². The number of hydrogen-bond donors (Lipinski definition) is 1. The van der Waals surface area contributed by atoms with Gasteiger partial charge in [0.2, 0.25) is 6.10 Å². The van der Waals surface area contributed by atoms with Crippen molar-refractivity contribution in [3.63, 3.8) is 0 Å². The summed E-state index contributed by atoms with van der Waals surface area (Å²) in [6, 6.07) is 23.7. The van der Waals surface area contributed by atoms with E-state index < -0.39 is 34.4 Å². The van der Waals surface area contributed by atoms with Gasteiger partial charge in [-0.05, 0) is 49.2 Å². The van der Waals surface area contributed by atoms with E-state index in [1.165, 1.54) is 24.3 Å². The van der Waals surface area contributed by atoms with Gasteiger partial charge in [0.25, 0.3) is 11.6 Å². The molecule has 4 aromatic rings. The Morgan fingerprint density at radius 2 is 1.54 bits per heavy atom.